The third-order valence-corrected chi connectivity index (χ3v) is 3.40. The standard InChI is InChI=1S/C13H18N2O3/c1-8(16)10-5-12(14-7-10)13(18)15-6-9-2-3-11(17)4-9/h5,7,9,11,14,17H,2-4,6H2,1H3,(H,15,18). The summed E-state index contributed by atoms with van der Waals surface area (Å²) in [5.41, 5.74) is 0.912. The van der Waals surface area contributed by atoms with E-state index >= 15 is 0 Å². The Balaban J connectivity index is 1.85. The zero-order chi connectivity index (χ0) is 13.1. The number of carbonyl (C=O) groups is 2. The molecule has 2 atom stereocenters. The number of ketones is 1. The summed E-state index contributed by atoms with van der Waals surface area (Å²) in [4.78, 5) is 25.7. The molecule has 0 saturated heterocycles. The molecule has 2 unspecified atom stereocenters. The minimum absolute atomic E-state index is 0.0655. The molecule has 1 saturated carbocycles. The predicted octanol–water partition coefficient (Wildman–Crippen LogP) is 1.11. The van der Waals surface area contributed by atoms with Crippen LogP contribution in [0.1, 0.15) is 47.0 Å². The molecule has 2 rings (SSSR count). The number of aliphatic hydroxyl groups excluding tert-OH is 1. The van der Waals surface area contributed by atoms with Gasteiger partial charge in [0, 0.05) is 18.3 Å². The molecule has 1 heterocycles. The van der Waals surface area contributed by atoms with Crippen LogP contribution in [0.4, 0.5) is 0 Å². The molecular formula is C13H18N2O3. The number of nitrogens with one attached hydrogen (secondary N) is 2. The lowest BCUT2D eigenvalue weighted by Gasteiger charge is -2.09. The van der Waals surface area contributed by atoms with Crippen molar-refractivity contribution in [3.8, 4) is 0 Å². The highest BCUT2D eigenvalue weighted by molar-refractivity contribution is 5.99. The zero-order valence-corrected chi connectivity index (χ0v) is 10.4. The lowest BCUT2D eigenvalue weighted by atomic mass is 10.1. The average Bonchev–Trinajstić information content (AvgIpc) is 2.94. The first kappa shape index (κ1) is 12.8. The van der Waals surface area contributed by atoms with Gasteiger partial charge in [-0.3, -0.25) is 9.59 Å². The second-order valence-corrected chi connectivity index (χ2v) is 4.90. The van der Waals surface area contributed by atoms with Gasteiger partial charge in [0.1, 0.15) is 5.69 Å². The molecular weight excluding hydrogens is 232 g/mol. The number of amides is 1. The third-order valence-electron chi connectivity index (χ3n) is 3.40. The van der Waals surface area contributed by atoms with E-state index in [2.05, 4.69) is 10.3 Å². The van der Waals surface area contributed by atoms with Crippen LogP contribution < -0.4 is 5.32 Å². The molecule has 18 heavy (non-hydrogen) atoms. The first-order chi connectivity index (χ1) is 8.56. The fourth-order valence-corrected chi connectivity index (χ4v) is 2.29. The maximum Gasteiger partial charge on any atom is 0.267 e. The number of hydrogen-bond acceptors (Lipinski definition) is 3. The maximum atomic E-state index is 11.8. The molecule has 5 nitrogen and oxygen atoms in total. The highest BCUT2D eigenvalue weighted by atomic mass is 16.3. The first-order valence-electron chi connectivity index (χ1n) is 6.22. The second kappa shape index (κ2) is 5.35. The summed E-state index contributed by atoms with van der Waals surface area (Å²) in [5.74, 6) is 0.0827. The Bertz CT molecular complexity index is 453. The van der Waals surface area contributed by atoms with Crippen molar-refractivity contribution >= 4 is 11.7 Å². The predicted molar refractivity (Wildman–Crippen MR) is 66.5 cm³/mol. The van der Waals surface area contributed by atoms with E-state index in [-0.39, 0.29) is 17.8 Å². The van der Waals surface area contributed by atoms with Crippen molar-refractivity contribution in [2.24, 2.45) is 5.92 Å². The van der Waals surface area contributed by atoms with Crippen molar-refractivity contribution in [1.82, 2.24) is 10.3 Å². The molecule has 1 amide bonds. The Morgan fingerprint density at radius 2 is 2.28 bits per heavy atom. The van der Waals surface area contributed by atoms with Gasteiger partial charge in [-0.25, -0.2) is 0 Å². The van der Waals surface area contributed by atoms with E-state index < -0.39 is 0 Å². The minimum atomic E-state index is -0.221. The van der Waals surface area contributed by atoms with Crippen LogP contribution >= 0.6 is 0 Å². The van der Waals surface area contributed by atoms with E-state index in [1.807, 2.05) is 0 Å². The Morgan fingerprint density at radius 3 is 2.83 bits per heavy atom. The highest BCUT2D eigenvalue weighted by Crippen LogP contribution is 2.24. The monoisotopic (exact) mass is 250 g/mol. The third kappa shape index (κ3) is 2.98. The first-order valence-corrected chi connectivity index (χ1v) is 6.22. The number of aliphatic hydroxyl groups is 1. The van der Waals surface area contributed by atoms with Gasteiger partial charge in [-0.1, -0.05) is 0 Å². The molecule has 1 aliphatic rings. The van der Waals surface area contributed by atoms with Crippen LogP contribution in [0.25, 0.3) is 0 Å². The molecule has 3 N–H and O–H groups in total. The van der Waals surface area contributed by atoms with Crippen molar-refractivity contribution in [3.05, 3.63) is 23.5 Å². The van der Waals surface area contributed by atoms with Crippen molar-refractivity contribution in [3.63, 3.8) is 0 Å². The molecule has 0 aromatic carbocycles. The SMILES string of the molecule is CC(=O)c1c[nH]c(C(=O)NCC2CCC(O)C2)c1. The number of aromatic amines is 1. The van der Waals surface area contributed by atoms with Gasteiger partial charge in [0.15, 0.2) is 5.78 Å². The molecule has 1 aromatic rings. The number of hydrogen-bond donors (Lipinski definition) is 3. The van der Waals surface area contributed by atoms with Crippen molar-refractivity contribution in [2.75, 3.05) is 6.54 Å². The molecule has 1 aromatic heterocycles. The van der Waals surface area contributed by atoms with E-state index in [0.717, 1.165) is 19.3 Å². The van der Waals surface area contributed by atoms with Gasteiger partial charge in [0.05, 0.1) is 6.10 Å². The molecule has 0 spiro atoms. The van der Waals surface area contributed by atoms with Gasteiger partial charge in [0.2, 0.25) is 0 Å². The fraction of sp³-hybridized carbons (Fsp3) is 0.538. The lowest BCUT2D eigenvalue weighted by Crippen LogP contribution is -2.28. The summed E-state index contributed by atoms with van der Waals surface area (Å²) >= 11 is 0. The Morgan fingerprint density at radius 1 is 1.50 bits per heavy atom. The Labute approximate surface area is 106 Å². The summed E-state index contributed by atoms with van der Waals surface area (Å²) in [6.07, 6.45) is 3.84. The normalized spacial score (nSPS) is 23.0. The zero-order valence-electron chi connectivity index (χ0n) is 10.4. The topological polar surface area (TPSA) is 82.2 Å². The van der Waals surface area contributed by atoms with E-state index in [1.165, 1.54) is 13.1 Å². The van der Waals surface area contributed by atoms with Gasteiger partial charge in [-0.15, -0.1) is 0 Å². The van der Waals surface area contributed by atoms with Gasteiger partial charge < -0.3 is 15.4 Å². The number of H-pyrrole nitrogens is 1. The van der Waals surface area contributed by atoms with Crippen molar-refractivity contribution in [2.45, 2.75) is 32.3 Å². The minimum Gasteiger partial charge on any atom is -0.393 e. The summed E-state index contributed by atoms with van der Waals surface area (Å²) in [5, 5.41) is 12.2. The second-order valence-electron chi connectivity index (χ2n) is 4.90. The molecule has 1 fully saturated rings. The average molecular weight is 250 g/mol. The van der Waals surface area contributed by atoms with Crippen LogP contribution in [0.15, 0.2) is 12.3 Å². The van der Waals surface area contributed by atoms with Crippen molar-refractivity contribution < 1.29 is 14.7 Å². The summed E-state index contributed by atoms with van der Waals surface area (Å²) < 4.78 is 0. The van der Waals surface area contributed by atoms with Gasteiger partial charge in [-0.05, 0) is 38.2 Å². The molecule has 0 radical (unpaired) electrons. The molecule has 98 valence electrons. The molecule has 0 bridgehead atoms. The van der Waals surface area contributed by atoms with E-state index in [9.17, 15) is 14.7 Å². The van der Waals surface area contributed by atoms with Crippen LogP contribution in [0.5, 0.6) is 0 Å². The molecule has 1 aliphatic carbocycles. The Kier molecular flexibility index (Phi) is 3.81. The largest absolute Gasteiger partial charge is 0.393 e. The highest BCUT2D eigenvalue weighted by Gasteiger charge is 2.23. The van der Waals surface area contributed by atoms with E-state index in [0.29, 0.717) is 23.7 Å². The fourth-order valence-electron chi connectivity index (χ4n) is 2.29. The lowest BCUT2D eigenvalue weighted by molar-refractivity contribution is 0.0940. The summed E-state index contributed by atoms with van der Waals surface area (Å²) in [6.45, 7) is 2.04. The Hall–Kier alpha value is -1.62. The molecule has 0 aliphatic heterocycles. The van der Waals surface area contributed by atoms with E-state index in [1.54, 1.807) is 6.07 Å². The van der Waals surface area contributed by atoms with Gasteiger partial charge >= 0.3 is 0 Å². The quantitative estimate of drug-likeness (QED) is 0.700. The maximum absolute atomic E-state index is 11.8. The van der Waals surface area contributed by atoms with Gasteiger partial charge in [0.25, 0.3) is 5.91 Å². The van der Waals surface area contributed by atoms with Crippen LogP contribution in [0, 0.1) is 5.92 Å². The van der Waals surface area contributed by atoms with Crippen LogP contribution in [0.3, 0.4) is 0 Å². The number of aromatic nitrogens is 1. The molecule has 5 heteroatoms. The number of rotatable bonds is 4. The number of carbonyl (C=O) groups excluding carboxylic acids is 2. The summed E-state index contributed by atoms with van der Waals surface area (Å²) in [6, 6.07) is 1.56. The van der Waals surface area contributed by atoms with E-state index in [4.69, 9.17) is 0 Å². The smallest absolute Gasteiger partial charge is 0.267 e. The van der Waals surface area contributed by atoms with Gasteiger partial charge in [-0.2, -0.15) is 0 Å². The summed E-state index contributed by atoms with van der Waals surface area (Å²) in [7, 11) is 0. The van der Waals surface area contributed by atoms with Crippen molar-refractivity contribution in [1.29, 1.82) is 0 Å². The van der Waals surface area contributed by atoms with Crippen LogP contribution in [0.2, 0.25) is 0 Å². The van der Waals surface area contributed by atoms with Crippen LogP contribution in [-0.4, -0.2) is 34.4 Å². The number of Topliss-reactive ketones (excluding diaryl/α,β-unsaturated/α-hetero) is 1. The van der Waals surface area contributed by atoms with Crippen LogP contribution in [-0.2, 0) is 0 Å².